The van der Waals surface area contributed by atoms with Crippen LogP contribution >= 0.6 is 0 Å². The molecule has 0 aliphatic carbocycles. The summed E-state index contributed by atoms with van der Waals surface area (Å²) in [5.41, 5.74) is 2.66. The average Bonchev–Trinajstić information content (AvgIpc) is 3.20. The monoisotopic (exact) mass is 454 g/mol. The lowest BCUT2D eigenvalue weighted by atomic mass is 10.2. The van der Waals surface area contributed by atoms with Gasteiger partial charge in [0.25, 0.3) is 5.69 Å². The average molecular weight is 454 g/mol. The van der Waals surface area contributed by atoms with E-state index in [-0.39, 0.29) is 11.6 Å². The highest BCUT2D eigenvalue weighted by atomic mass is 32.2. The van der Waals surface area contributed by atoms with Crippen molar-refractivity contribution in [2.45, 2.75) is 6.54 Å². The van der Waals surface area contributed by atoms with Crippen molar-refractivity contribution in [2.24, 2.45) is 0 Å². The largest absolute Gasteiger partial charge is 0.364 e. The fourth-order valence-corrected chi connectivity index (χ4v) is 3.54. The molecule has 2 heterocycles. The predicted molar refractivity (Wildman–Crippen MR) is 120 cm³/mol. The predicted octanol–water partition coefficient (Wildman–Crippen LogP) is 2.99. The van der Waals surface area contributed by atoms with Gasteiger partial charge in [0, 0.05) is 24.4 Å². The van der Waals surface area contributed by atoms with Gasteiger partial charge in [-0.1, -0.05) is 18.2 Å². The van der Waals surface area contributed by atoms with E-state index in [2.05, 4.69) is 35.3 Å². The number of sulfonamides is 1. The van der Waals surface area contributed by atoms with Crippen LogP contribution in [0.4, 0.5) is 28.8 Å². The molecule has 0 spiro atoms. The molecule has 0 aliphatic rings. The minimum Gasteiger partial charge on any atom is -0.364 e. The number of rotatable bonds is 8. The maximum Gasteiger partial charge on any atom is 0.269 e. The van der Waals surface area contributed by atoms with E-state index in [4.69, 9.17) is 0 Å². The summed E-state index contributed by atoms with van der Waals surface area (Å²) in [4.78, 5) is 26.5. The molecule has 0 fully saturated rings. The van der Waals surface area contributed by atoms with Crippen molar-refractivity contribution in [3.63, 3.8) is 0 Å². The van der Waals surface area contributed by atoms with Gasteiger partial charge >= 0.3 is 0 Å². The van der Waals surface area contributed by atoms with Crippen LogP contribution in [0.2, 0.25) is 0 Å². The molecular weight excluding hydrogens is 436 g/mol. The maximum atomic E-state index is 11.5. The number of benzene rings is 2. The fourth-order valence-electron chi connectivity index (χ4n) is 2.99. The Kier molecular flexibility index (Phi) is 5.55. The molecule has 12 nitrogen and oxygen atoms in total. The molecule has 4 N–H and O–H groups in total. The summed E-state index contributed by atoms with van der Waals surface area (Å²) in [6, 6.07) is 12.9. The fraction of sp³-hybridized carbons (Fsp3) is 0.105. The molecule has 0 saturated heterocycles. The van der Waals surface area contributed by atoms with Crippen LogP contribution in [0.5, 0.6) is 0 Å². The first-order chi connectivity index (χ1) is 15.3. The number of nitrogens with zero attached hydrogens (tertiary/aromatic N) is 4. The van der Waals surface area contributed by atoms with Gasteiger partial charge in [-0.3, -0.25) is 14.8 Å². The number of fused-ring (bicyclic) bond motifs is 1. The minimum absolute atomic E-state index is 0.00335. The first-order valence-corrected chi connectivity index (χ1v) is 11.2. The van der Waals surface area contributed by atoms with Gasteiger partial charge in [-0.15, -0.1) is 0 Å². The van der Waals surface area contributed by atoms with E-state index in [9.17, 15) is 18.5 Å². The van der Waals surface area contributed by atoms with Crippen LogP contribution in [0.25, 0.3) is 11.2 Å². The summed E-state index contributed by atoms with van der Waals surface area (Å²) >= 11 is 0. The number of nitro groups is 1. The van der Waals surface area contributed by atoms with Gasteiger partial charge in [0.1, 0.15) is 5.52 Å². The van der Waals surface area contributed by atoms with Gasteiger partial charge in [0.2, 0.25) is 16.0 Å². The van der Waals surface area contributed by atoms with Crippen LogP contribution in [0.15, 0.2) is 54.9 Å². The molecule has 0 aliphatic heterocycles. The second-order valence-corrected chi connectivity index (χ2v) is 8.61. The minimum atomic E-state index is -3.41. The third-order valence-electron chi connectivity index (χ3n) is 4.29. The van der Waals surface area contributed by atoms with E-state index in [0.29, 0.717) is 40.5 Å². The summed E-state index contributed by atoms with van der Waals surface area (Å²) in [5, 5.41) is 17.2. The van der Waals surface area contributed by atoms with Gasteiger partial charge < -0.3 is 15.6 Å². The number of hydrogen-bond donors (Lipinski definition) is 4. The van der Waals surface area contributed by atoms with Gasteiger partial charge in [0.15, 0.2) is 11.5 Å². The summed E-state index contributed by atoms with van der Waals surface area (Å²) in [6.07, 6.45) is 2.55. The molecule has 2 aromatic carbocycles. The van der Waals surface area contributed by atoms with Crippen molar-refractivity contribution in [2.75, 3.05) is 21.6 Å². The highest BCUT2D eigenvalue weighted by Gasteiger charge is 2.12. The molecule has 32 heavy (non-hydrogen) atoms. The standard InChI is InChI=1S/C19H18N8O4S/c1-32(30,31)26-14-6-3-5-13(9-14)23-19-24-17(16-18(25-19)22-11-21-16)20-10-12-4-2-7-15(8-12)27(28)29/h2-9,11,26H,10H2,1H3,(H3,20,21,22,23,24,25). The lowest BCUT2D eigenvalue weighted by Crippen LogP contribution is -2.09. The van der Waals surface area contributed by atoms with E-state index >= 15 is 0 Å². The maximum absolute atomic E-state index is 11.5. The Morgan fingerprint density at radius 3 is 2.66 bits per heavy atom. The van der Waals surface area contributed by atoms with Crippen molar-refractivity contribution in [3.8, 4) is 0 Å². The van der Waals surface area contributed by atoms with Crippen LogP contribution in [0.3, 0.4) is 0 Å². The molecule has 13 heteroatoms. The number of nitrogens with one attached hydrogen (secondary N) is 4. The Hall–Kier alpha value is -4.26. The number of H-pyrrole nitrogens is 1. The third kappa shape index (κ3) is 5.07. The third-order valence-corrected chi connectivity index (χ3v) is 4.90. The van der Waals surface area contributed by atoms with E-state index in [0.717, 1.165) is 6.26 Å². The Morgan fingerprint density at radius 2 is 1.88 bits per heavy atom. The van der Waals surface area contributed by atoms with Gasteiger partial charge in [-0.2, -0.15) is 9.97 Å². The van der Waals surface area contributed by atoms with Crippen LogP contribution in [0.1, 0.15) is 5.56 Å². The molecule has 0 radical (unpaired) electrons. The summed E-state index contributed by atoms with van der Waals surface area (Å²) in [5.74, 6) is 0.689. The van der Waals surface area contributed by atoms with Crippen LogP contribution < -0.4 is 15.4 Å². The first kappa shape index (κ1) is 21.0. The van der Waals surface area contributed by atoms with E-state index < -0.39 is 14.9 Å². The molecule has 0 amide bonds. The van der Waals surface area contributed by atoms with E-state index in [1.165, 1.54) is 18.5 Å². The molecule has 4 aromatic rings. The normalized spacial score (nSPS) is 11.3. The Balaban J connectivity index is 1.58. The lowest BCUT2D eigenvalue weighted by molar-refractivity contribution is -0.384. The molecule has 4 rings (SSSR count). The smallest absolute Gasteiger partial charge is 0.269 e. The van der Waals surface area contributed by atoms with Crippen molar-refractivity contribution in [1.29, 1.82) is 0 Å². The zero-order chi connectivity index (χ0) is 22.7. The van der Waals surface area contributed by atoms with Crippen LogP contribution in [-0.2, 0) is 16.6 Å². The Labute approximate surface area is 182 Å². The van der Waals surface area contributed by atoms with E-state index in [1.54, 1.807) is 36.4 Å². The zero-order valence-electron chi connectivity index (χ0n) is 16.7. The molecule has 0 bridgehead atoms. The topological polar surface area (TPSA) is 168 Å². The SMILES string of the molecule is CS(=O)(=O)Nc1cccc(Nc2nc(NCc3cccc([N+](=O)[O-])c3)c3[nH]cnc3n2)c1. The Morgan fingerprint density at radius 1 is 1.09 bits per heavy atom. The number of anilines is 4. The number of imidazole rings is 1. The lowest BCUT2D eigenvalue weighted by Gasteiger charge is -2.11. The highest BCUT2D eigenvalue weighted by molar-refractivity contribution is 7.92. The summed E-state index contributed by atoms with van der Waals surface area (Å²) in [6.45, 7) is 0.292. The summed E-state index contributed by atoms with van der Waals surface area (Å²) in [7, 11) is -3.41. The number of hydrogen-bond acceptors (Lipinski definition) is 9. The van der Waals surface area contributed by atoms with Crippen molar-refractivity contribution >= 4 is 50.0 Å². The zero-order valence-corrected chi connectivity index (χ0v) is 17.5. The van der Waals surface area contributed by atoms with Crippen molar-refractivity contribution in [3.05, 3.63) is 70.5 Å². The number of non-ortho nitro benzene ring substituents is 1. The second-order valence-electron chi connectivity index (χ2n) is 6.86. The molecule has 0 unspecified atom stereocenters. The highest BCUT2D eigenvalue weighted by Crippen LogP contribution is 2.24. The molecule has 2 aromatic heterocycles. The Bertz CT molecular complexity index is 1400. The molecule has 164 valence electrons. The summed E-state index contributed by atoms with van der Waals surface area (Å²) < 4.78 is 25.3. The molecule has 0 atom stereocenters. The first-order valence-electron chi connectivity index (χ1n) is 9.30. The van der Waals surface area contributed by atoms with Crippen molar-refractivity contribution < 1.29 is 13.3 Å². The number of nitro benzene ring substituents is 1. The van der Waals surface area contributed by atoms with Crippen LogP contribution in [-0.4, -0.2) is 39.5 Å². The molecular formula is C19H18N8O4S. The quantitative estimate of drug-likeness (QED) is 0.231. The number of aromatic amines is 1. The van der Waals surface area contributed by atoms with E-state index in [1.807, 2.05) is 0 Å². The number of aromatic nitrogens is 4. The van der Waals surface area contributed by atoms with Crippen LogP contribution in [0, 0.1) is 10.1 Å². The second kappa shape index (κ2) is 8.47. The van der Waals surface area contributed by atoms with Crippen molar-refractivity contribution in [1.82, 2.24) is 19.9 Å². The van der Waals surface area contributed by atoms with Gasteiger partial charge in [-0.05, 0) is 23.8 Å². The van der Waals surface area contributed by atoms with Gasteiger partial charge in [0.05, 0.1) is 23.2 Å². The van der Waals surface area contributed by atoms with Gasteiger partial charge in [-0.25, -0.2) is 13.4 Å². The molecule has 0 saturated carbocycles.